The predicted molar refractivity (Wildman–Crippen MR) is 110 cm³/mol. The molecule has 1 saturated carbocycles. The highest BCUT2D eigenvalue weighted by atomic mass is 16.7. The number of carbonyl (C=O) groups excluding carboxylic acids is 1. The number of esters is 1. The SMILES string of the molecule is COC(=O)c1ccc2c(c1)C=C[C@H]1CC3(CC[C@@]21Cc1ccccc1)OC=CO3. The minimum absolute atomic E-state index is 0.0549. The molecule has 148 valence electrons. The number of fused-ring (bicyclic) bond motifs is 3. The molecule has 0 aromatic heterocycles. The topological polar surface area (TPSA) is 44.8 Å². The summed E-state index contributed by atoms with van der Waals surface area (Å²) < 4.78 is 16.7. The molecule has 0 radical (unpaired) electrons. The van der Waals surface area contributed by atoms with E-state index < -0.39 is 5.79 Å². The smallest absolute Gasteiger partial charge is 0.337 e. The van der Waals surface area contributed by atoms with Gasteiger partial charge in [0.1, 0.15) is 12.5 Å². The second kappa shape index (κ2) is 6.80. The van der Waals surface area contributed by atoms with E-state index in [1.807, 2.05) is 12.1 Å². The maximum Gasteiger partial charge on any atom is 0.337 e. The number of carbonyl (C=O) groups is 1. The average molecular weight is 388 g/mol. The third kappa shape index (κ3) is 2.94. The van der Waals surface area contributed by atoms with Crippen LogP contribution in [0.2, 0.25) is 0 Å². The van der Waals surface area contributed by atoms with Gasteiger partial charge in [0.25, 0.3) is 0 Å². The van der Waals surface area contributed by atoms with E-state index >= 15 is 0 Å². The summed E-state index contributed by atoms with van der Waals surface area (Å²) in [5.74, 6) is -0.562. The lowest BCUT2D eigenvalue weighted by atomic mass is 9.56. The van der Waals surface area contributed by atoms with Crippen LogP contribution in [0.25, 0.3) is 6.08 Å². The van der Waals surface area contributed by atoms with E-state index in [4.69, 9.17) is 14.2 Å². The van der Waals surface area contributed by atoms with Crippen molar-refractivity contribution < 1.29 is 19.0 Å². The van der Waals surface area contributed by atoms with Crippen molar-refractivity contribution in [3.8, 4) is 0 Å². The third-order valence-corrected chi connectivity index (χ3v) is 6.69. The first-order valence-corrected chi connectivity index (χ1v) is 10.1. The van der Waals surface area contributed by atoms with Gasteiger partial charge in [-0.1, -0.05) is 48.6 Å². The lowest BCUT2D eigenvalue weighted by Crippen LogP contribution is -2.50. The third-order valence-electron chi connectivity index (χ3n) is 6.69. The normalized spacial score (nSPS) is 25.6. The minimum atomic E-state index is -0.543. The Kier molecular flexibility index (Phi) is 4.23. The first-order chi connectivity index (χ1) is 14.1. The summed E-state index contributed by atoms with van der Waals surface area (Å²) in [5, 5.41) is 0. The highest BCUT2D eigenvalue weighted by Gasteiger charge is 2.53. The van der Waals surface area contributed by atoms with E-state index in [0.717, 1.165) is 31.2 Å². The molecule has 3 aliphatic rings. The molecule has 2 aromatic rings. The number of hydrogen-bond donors (Lipinski definition) is 0. The first-order valence-electron chi connectivity index (χ1n) is 10.1. The Morgan fingerprint density at radius 3 is 2.66 bits per heavy atom. The number of hydrogen-bond acceptors (Lipinski definition) is 4. The molecular weight excluding hydrogens is 364 g/mol. The molecule has 5 rings (SSSR count). The Hall–Kier alpha value is -3.01. The summed E-state index contributed by atoms with van der Waals surface area (Å²) in [6, 6.07) is 16.6. The van der Waals surface area contributed by atoms with E-state index in [1.165, 1.54) is 18.2 Å². The van der Waals surface area contributed by atoms with Crippen LogP contribution in [0.1, 0.15) is 46.3 Å². The molecular formula is C25H24O4. The van der Waals surface area contributed by atoms with Crippen molar-refractivity contribution in [2.24, 2.45) is 5.92 Å². The van der Waals surface area contributed by atoms with E-state index in [1.54, 1.807) is 12.5 Å². The summed E-state index contributed by atoms with van der Waals surface area (Å²) in [6.45, 7) is 0. The molecule has 0 amide bonds. The fourth-order valence-electron chi connectivity index (χ4n) is 5.26. The van der Waals surface area contributed by atoms with Gasteiger partial charge >= 0.3 is 5.97 Å². The summed E-state index contributed by atoms with van der Waals surface area (Å²) in [5.41, 5.74) is 4.24. The molecule has 2 aromatic carbocycles. The van der Waals surface area contributed by atoms with E-state index in [-0.39, 0.29) is 17.3 Å². The van der Waals surface area contributed by atoms with E-state index in [9.17, 15) is 4.79 Å². The lowest BCUT2D eigenvalue weighted by Gasteiger charge is -2.50. The van der Waals surface area contributed by atoms with Crippen LogP contribution in [0.15, 0.2) is 67.1 Å². The van der Waals surface area contributed by atoms with Gasteiger partial charge in [0.2, 0.25) is 5.79 Å². The summed E-state index contributed by atoms with van der Waals surface area (Å²) in [7, 11) is 1.42. The van der Waals surface area contributed by atoms with Gasteiger partial charge in [-0.15, -0.1) is 0 Å². The van der Waals surface area contributed by atoms with Gasteiger partial charge in [-0.05, 0) is 47.6 Å². The molecule has 29 heavy (non-hydrogen) atoms. The van der Waals surface area contributed by atoms with Crippen LogP contribution in [0.4, 0.5) is 0 Å². The minimum Gasteiger partial charge on any atom is -0.465 e. The number of allylic oxidation sites excluding steroid dienone is 1. The quantitative estimate of drug-likeness (QED) is 0.695. The first kappa shape index (κ1) is 18.0. The van der Waals surface area contributed by atoms with Crippen molar-refractivity contribution in [3.63, 3.8) is 0 Å². The van der Waals surface area contributed by atoms with Crippen LogP contribution in [0.3, 0.4) is 0 Å². The molecule has 1 fully saturated rings. The molecule has 1 heterocycles. The van der Waals surface area contributed by atoms with Crippen molar-refractivity contribution in [3.05, 3.63) is 89.4 Å². The molecule has 4 heteroatoms. The monoisotopic (exact) mass is 388 g/mol. The number of methoxy groups -OCH3 is 1. The zero-order valence-corrected chi connectivity index (χ0v) is 16.5. The van der Waals surface area contributed by atoms with Crippen molar-refractivity contribution >= 4 is 12.0 Å². The van der Waals surface area contributed by atoms with Crippen molar-refractivity contribution in [1.82, 2.24) is 0 Å². The van der Waals surface area contributed by atoms with Crippen LogP contribution in [0.5, 0.6) is 0 Å². The van der Waals surface area contributed by atoms with Gasteiger partial charge in [0.15, 0.2) is 0 Å². The van der Waals surface area contributed by atoms with Gasteiger partial charge in [0.05, 0.1) is 12.7 Å². The second-order valence-corrected chi connectivity index (χ2v) is 8.20. The van der Waals surface area contributed by atoms with Crippen LogP contribution in [0, 0.1) is 5.92 Å². The molecule has 0 bridgehead atoms. The standard InChI is InChI=1S/C25H24O4/c1-27-23(26)20-8-10-22-19(15-20)7-9-21-17-25(28-13-14-29-25)12-11-24(21,22)16-18-5-3-2-4-6-18/h2-10,13-15,21H,11-12,16-17H2,1H3/t21-,24-/m0/s1. The van der Waals surface area contributed by atoms with Gasteiger partial charge in [0, 0.05) is 18.3 Å². The molecule has 2 atom stereocenters. The Bertz CT molecular complexity index is 983. The van der Waals surface area contributed by atoms with E-state index in [2.05, 4.69) is 48.6 Å². The zero-order chi connectivity index (χ0) is 19.9. The molecule has 0 saturated heterocycles. The Balaban J connectivity index is 1.58. The van der Waals surface area contributed by atoms with Crippen LogP contribution in [-0.4, -0.2) is 18.9 Å². The Labute approximate surface area is 170 Å². The van der Waals surface area contributed by atoms with Gasteiger partial charge in [-0.25, -0.2) is 4.79 Å². The van der Waals surface area contributed by atoms with Gasteiger partial charge in [-0.3, -0.25) is 0 Å². The number of rotatable bonds is 3. The van der Waals surface area contributed by atoms with Crippen molar-refractivity contribution in [2.45, 2.75) is 36.9 Å². The summed E-state index contributed by atoms with van der Waals surface area (Å²) >= 11 is 0. The highest BCUT2D eigenvalue weighted by Crippen LogP contribution is 2.55. The van der Waals surface area contributed by atoms with Crippen LogP contribution >= 0.6 is 0 Å². The molecule has 0 unspecified atom stereocenters. The molecule has 1 spiro atoms. The van der Waals surface area contributed by atoms with Crippen molar-refractivity contribution in [2.75, 3.05) is 7.11 Å². The van der Waals surface area contributed by atoms with Gasteiger partial charge in [-0.2, -0.15) is 0 Å². The fourth-order valence-corrected chi connectivity index (χ4v) is 5.26. The maximum atomic E-state index is 12.0. The van der Waals surface area contributed by atoms with Crippen LogP contribution in [-0.2, 0) is 26.0 Å². The molecule has 0 N–H and O–H groups in total. The largest absolute Gasteiger partial charge is 0.465 e. The second-order valence-electron chi connectivity index (χ2n) is 8.20. The Morgan fingerprint density at radius 1 is 1.10 bits per heavy atom. The van der Waals surface area contributed by atoms with Crippen molar-refractivity contribution in [1.29, 1.82) is 0 Å². The molecule has 2 aliphatic carbocycles. The van der Waals surface area contributed by atoms with Gasteiger partial charge < -0.3 is 14.2 Å². The molecule has 4 nitrogen and oxygen atoms in total. The van der Waals surface area contributed by atoms with E-state index in [0.29, 0.717) is 5.56 Å². The zero-order valence-electron chi connectivity index (χ0n) is 16.5. The summed E-state index contributed by atoms with van der Waals surface area (Å²) in [4.78, 5) is 12.0. The number of ether oxygens (including phenoxy) is 3. The summed E-state index contributed by atoms with van der Waals surface area (Å²) in [6.07, 6.45) is 11.3. The van der Waals surface area contributed by atoms with Crippen LogP contribution < -0.4 is 0 Å². The highest BCUT2D eigenvalue weighted by molar-refractivity contribution is 5.90. The number of benzene rings is 2. The maximum absolute atomic E-state index is 12.0. The Morgan fingerprint density at radius 2 is 1.90 bits per heavy atom. The average Bonchev–Trinajstić information content (AvgIpc) is 3.22. The lowest BCUT2D eigenvalue weighted by molar-refractivity contribution is -0.181. The molecule has 1 aliphatic heterocycles. The fraction of sp³-hybridized carbons (Fsp3) is 0.320. The predicted octanol–water partition coefficient (Wildman–Crippen LogP) is 4.99.